The number of carbonyl (C=O) groups is 2. The number of anilines is 3. The number of pyridine rings is 1. The van der Waals surface area contributed by atoms with Gasteiger partial charge in [0.2, 0.25) is 11.8 Å². The van der Waals surface area contributed by atoms with Crippen LogP contribution in [0, 0.1) is 12.8 Å². The number of rotatable bonds is 3. The van der Waals surface area contributed by atoms with E-state index in [0.29, 0.717) is 16.4 Å². The number of aliphatic hydroxyl groups excluding tert-OH is 1. The molecule has 1 saturated heterocycles. The maximum Gasteiger partial charge on any atom is 0.416 e. The molecule has 0 aliphatic carbocycles. The van der Waals surface area contributed by atoms with Crippen LogP contribution < -0.4 is 14.7 Å². The van der Waals surface area contributed by atoms with Crippen LogP contribution in [0.5, 0.6) is 0 Å². The van der Waals surface area contributed by atoms with Gasteiger partial charge in [0.25, 0.3) is 0 Å². The summed E-state index contributed by atoms with van der Waals surface area (Å²) in [4.78, 5) is 35.2. The van der Waals surface area contributed by atoms with E-state index in [0.717, 1.165) is 17.0 Å². The minimum absolute atomic E-state index is 0.0582. The first-order chi connectivity index (χ1) is 15.9. The lowest BCUT2D eigenvalue weighted by Crippen LogP contribution is -2.53. The Balaban J connectivity index is 1.84. The summed E-state index contributed by atoms with van der Waals surface area (Å²) < 4.78 is 40.3. The van der Waals surface area contributed by atoms with Gasteiger partial charge in [0.15, 0.2) is 0 Å². The summed E-state index contributed by atoms with van der Waals surface area (Å²) in [6, 6.07) is 5.70. The van der Waals surface area contributed by atoms with Crippen LogP contribution in [-0.4, -0.2) is 54.2 Å². The molecular weight excluding hydrogens is 473 g/mol. The quantitative estimate of drug-likeness (QED) is 0.702. The number of aliphatic hydroxyl groups is 1. The fourth-order valence-corrected chi connectivity index (χ4v) is 5.04. The Morgan fingerprint density at radius 2 is 1.97 bits per heavy atom. The number of halogens is 4. The van der Waals surface area contributed by atoms with Crippen LogP contribution in [0.4, 0.5) is 30.4 Å². The van der Waals surface area contributed by atoms with Crippen LogP contribution in [0.25, 0.3) is 0 Å². The molecule has 11 heteroatoms. The first kappa shape index (κ1) is 24.3. The number of benzene rings is 1. The van der Waals surface area contributed by atoms with E-state index in [1.165, 1.54) is 18.9 Å². The summed E-state index contributed by atoms with van der Waals surface area (Å²) >= 11 is 6.48. The average molecular weight is 497 g/mol. The monoisotopic (exact) mass is 496 g/mol. The SMILES string of the molecule is Cc1cc(C(F)(F)F)cc(N2C(=O)C[C@@H]3CN(C[C@@H](C)O)c4c(Cl)cccc4N(C)C(=O)[C@H]32)n1. The minimum Gasteiger partial charge on any atom is -0.392 e. The van der Waals surface area contributed by atoms with E-state index in [9.17, 15) is 27.9 Å². The van der Waals surface area contributed by atoms with Gasteiger partial charge < -0.3 is 14.9 Å². The van der Waals surface area contributed by atoms with Gasteiger partial charge in [-0.2, -0.15) is 13.2 Å². The molecule has 0 saturated carbocycles. The molecule has 3 atom stereocenters. The van der Waals surface area contributed by atoms with Crippen molar-refractivity contribution >= 4 is 40.6 Å². The van der Waals surface area contributed by atoms with Gasteiger partial charge in [-0.3, -0.25) is 14.5 Å². The van der Waals surface area contributed by atoms with Crippen molar-refractivity contribution in [1.82, 2.24) is 4.98 Å². The van der Waals surface area contributed by atoms with E-state index in [1.807, 2.05) is 4.90 Å². The van der Waals surface area contributed by atoms with E-state index < -0.39 is 41.6 Å². The zero-order chi connectivity index (χ0) is 24.9. The molecule has 2 aliphatic rings. The van der Waals surface area contributed by atoms with E-state index >= 15 is 0 Å². The maximum atomic E-state index is 13.6. The minimum atomic E-state index is -4.63. The van der Waals surface area contributed by atoms with Crippen molar-refractivity contribution in [2.45, 2.75) is 38.6 Å². The van der Waals surface area contributed by atoms with Gasteiger partial charge in [0, 0.05) is 38.2 Å². The van der Waals surface area contributed by atoms with Crippen LogP contribution in [0.2, 0.25) is 5.02 Å². The molecule has 3 heterocycles. The zero-order valence-corrected chi connectivity index (χ0v) is 19.6. The van der Waals surface area contributed by atoms with E-state index in [4.69, 9.17) is 11.6 Å². The lowest BCUT2D eigenvalue weighted by molar-refractivity contribution is -0.137. The Morgan fingerprint density at radius 1 is 1.26 bits per heavy atom. The number of para-hydroxylation sites is 1. The van der Waals surface area contributed by atoms with Gasteiger partial charge in [0.1, 0.15) is 11.9 Å². The molecule has 7 nitrogen and oxygen atoms in total. The molecule has 182 valence electrons. The molecule has 0 radical (unpaired) electrons. The first-order valence-electron chi connectivity index (χ1n) is 10.8. The van der Waals surface area contributed by atoms with Crippen molar-refractivity contribution in [3.63, 3.8) is 0 Å². The zero-order valence-electron chi connectivity index (χ0n) is 18.8. The summed E-state index contributed by atoms with van der Waals surface area (Å²) in [6.07, 6.45) is -5.42. The van der Waals surface area contributed by atoms with E-state index in [2.05, 4.69) is 4.98 Å². The van der Waals surface area contributed by atoms with E-state index in [-0.39, 0.29) is 31.0 Å². The third-order valence-electron chi connectivity index (χ3n) is 6.11. The number of fused-ring (bicyclic) bond motifs is 2. The molecule has 0 unspecified atom stereocenters. The average Bonchev–Trinajstić information content (AvgIpc) is 3.05. The van der Waals surface area contributed by atoms with Crippen LogP contribution in [-0.2, 0) is 15.8 Å². The third-order valence-corrected chi connectivity index (χ3v) is 6.42. The lowest BCUT2D eigenvalue weighted by Gasteiger charge is -2.39. The Bertz CT molecular complexity index is 1140. The van der Waals surface area contributed by atoms with Crippen LogP contribution in [0.15, 0.2) is 30.3 Å². The number of alkyl halides is 3. The lowest BCUT2D eigenvalue weighted by atomic mass is 9.95. The predicted octanol–water partition coefficient (Wildman–Crippen LogP) is 3.65. The number of hydrogen-bond donors (Lipinski definition) is 1. The summed E-state index contributed by atoms with van der Waals surface area (Å²) in [5.41, 5.74) is 0.175. The predicted molar refractivity (Wildman–Crippen MR) is 122 cm³/mol. The van der Waals surface area contributed by atoms with Gasteiger partial charge in [-0.1, -0.05) is 17.7 Å². The standard InChI is InChI=1S/C23H24ClF3N4O3/c1-12-7-15(23(25,26)27)9-18(28-12)31-19(33)8-14-11-30(10-13(2)32)21-16(24)5-4-6-17(21)29(3)22(34)20(14)31/h4-7,9,13-14,20,32H,8,10-11H2,1-3H3/t13-,14-,20+/m1/s1. The number of likely N-dealkylation sites (N-methyl/N-ethyl adjacent to an activating group) is 1. The Morgan fingerprint density at radius 3 is 2.62 bits per heavy atom. The van der Waals surface area contributed by atoms with Crippen molar-refractivity contribution in [3.05, 3.63) is 46.6 Å². The number of aromatic nitrogens is 1. The van der Waals surface area contributed by atoms with Crippen molar-refractivity contribution in [2.24, 2.45) is 5.92 Å². The van der Waals surface area contributed by atoms with Crippen LogP contribution in [0.1, 0.15) is 24.6 Å². The Kier molecular flexibility index (Phi) is 6.24. The molecule has 1 fully saturated rings. The molecule has 4 rings (SSSR count). The smallest absolute Gasteiger partial charge is 0.392 e. The van der Waals surface area contributed by atoms with Crippen LogP contribution >= 0.6 is 11.6 Å². The molecular formula is C23H24ClF3N4O3. The topological polar surface area (TPSA) is 77.0 Å². The van der Waals surface area contributed by atoms with Crippen molar-refractivity contribution in [3.8, 4) is 0 Å². The summed E-state index contributed by atoms with van der Waals surface area (Å²) in [5, 5.41) is 10.5. The molecule has 2 aliphatic heterocycles. The highest BCUT2D eigenvalue weighted by Crippen LogP contribution is 2.42. The normalized spacial score (nSPS) is 21.8. The van der Waals surface area contributed by atoms with Gasteiger partial charge >= 0.3 is 6.18 Å². The van der Waals surface area contributed by atoms with Gasteiger partial charge in [-0.15, -0.1) is 0 Å². The molecule has 1 N–H and O–H groups in total. The Hall–Kier alpha value is -2.85. The number of carbonyl (C=O) groups excluding carboxylic acids is 2. The van der Waals surface area contributed by atoms with Crippen molar-refractivity contribution in [2.75, 3.05) is 34.8 Å². The summed E-state index contributed by atoms with van der Waals surface area (Å²) in [6.45, 7) is 3.41. The highest BCUT2D eigenvalue weighted by molar-refractivity contribution is 6.34. The Labute approximate surface area is 199 Å². The number of hydrogen-bond acceptors (Lipinski definition) is 5. The van der Waals surface area contributed by atoms with Crippen molar-refractivity contribution in [1.29, 1.82) is 0 Å². The molecule has 2 amide bonds. The third kappa shape index (κ3) is 4.32. The van der Waals surface area contributed by atoms with Crippen LogP contribution in [0.3, 0.4) is 0 Å². The number of nitrogens with zero attached hydrogens (tertiary/aromatic N) is 4. The first-order valence-corrected chi connectivity index (χ1v) is 11.1. The number of amides is 2. The summed E-state index contributed by atoms with van der Waals surface area (Å²) in [5.74, 6) is -1.70. The second-order valence-corrected chi connectivity index (χ2v) is 9.19. The maximum absolute atomic E-state index is 13.6. The van der Waals surface area contributed by atoms with Gasteiger partial charge in [-0.05, 0) is 38.1 Å². The molecule has 2 aromatic rings. The van der Waals surface area contributed by atoms with Crippen molar-refractivity contribution < 1.29 is 27.9 Å². The fraction of sp³-hybridized carbons (Fsp3) is 0.435. The van der Waals surface area contributed by atoms with Gasteiger partial charge in [0.05, 0.1) is 28.1 Å². The number of β-amino-alcohol motifs (C(OH)–C–C–N with tert-alkyl or cyclic N) is 1. The molecule has 0 spiro atoms. The highest BCUT2D eigenvalue weighted by Gasteiger charge is 2.49. The molecule has 34 heavy (non-hydrogen) atoms. The van der Waals surface area contributed by atoms with Gasteiger partial charge in [-0.25, -0.2) is 4.98 Å². The molecule has 1 aromatic carbocycles. The van der Waals surface area contributed by atoms with E-state index in [1.54, 1.807) is 25.1 Å². The largest absolute Gasteiger partial charge is 0.416 e. The number of aryl methyl sites for hydroxylation is 1. The second-order valence-electron chi connectivity index (χ2n) is 8.78. The molecule has 0 bridgehead atoms. The fourth-order valence-electron chi connectivity index (χ4n) is 4.75. The second kappa shape index (κ2) is 8.74. The summed E-state index contributed by atoms with van der Waals surface area (Å²) in [7, 11) is 1.53. The highest BCUT2D eigenvalue weighted by atomic mass is 35.5. The molecule has 1 aromatic heterocycles.